The lowest BCUT2D eigenvalue weighted by Crippen LogP contribution is -2.31. The Morgan fingerprint density at radius 3 is 2.56 bits per heavy atom. The first-order valence-corrected chi connectivity index (χ1v) is 10.7. The van der Waals surface area contributed by atoms with Gasteiger partial charge in [0.15, 0.2) is 5.49 Å². The predicted octanol–water partition coefficient (Wildman–Crippen LogP) is 3.26. The Labute approximate surface area is 193 Å². The van der Waals surface area contributed by atoms with E-state index in [1.807, 2.05) is 30.3 Å². The van der Waals surface area contributed by atoms with Crippen LogP contribution >= 0.6 is 0 Å². The zero-order valence-corrected chi connectivity index (χ0v) is 18.6. The van der Waals surface area contributed by atoms with E-state index in [9.17, 15) is 14.4 Å². The van der Waals surface area contributed by atoms with Crippen molar-refractivity contribution < 1.29 is 14.3 Å². The largest absolute Gasteiger partial charge is 0.462 e. The Hall–Kier alpha value is -4.59. The summed E-state index contributed by atoms with van der Waals surface area (Å²) in [6.45, 7) is 1.81. The number of carbonyl (C=O) groups is 2. The summed E-state index contributed by atoms with van der Waals surface area (Å²) in [6.07, 6.45) is 1.61. The summed E-state index contributed by atoms with van der Waals surface area (Å²) in [6, 6.07) is 19.5. The zero-order chi connectivity index (χ0) is 23.8. The molecule has 5 aromatic rings. The standard InChI is InChI=1S/C26H20N4O4/c1-3-34-26(33)20-15-19-22(27-21-13-6-7-14-30(21)25(19)32)29(2)23(20)28-24(31)18-12-8-10-16-9-4-5-11-17(16)18/h4-15H,3H2,1-2H3. The molecule has 2 aromatic carbocycles. The van der Waals surface area contributed by atoms with E-state index in [1.54, 1.807) is 50.5 Å². The first-order valence-electron chi connectivity index (χ1n) is 10.7. The molecule has 0 saturated heterocycles. The molecule has 8 nitrogen and oxygen atoms in total. The van der Waals surface area contributed by atoms with Crippen LogP contribution < -0.4 is 11.0 Å². The van der Waals surface area contributed by atoms with Crippen molar-refractivity contribution in [3.05, 3.63) is 99.9 Å². The second-order valence-corrected chi connectivity index (χ2v) is 7.69. The van der Waals surface area contributed by atoms with Gasteiger partial charge in [-0.1, -0.05) is 42.5 Å². The number of nitrogens with zero attached hydrogens (tertiary/aromatic N) is 4. The van der Waals surface area contributed by atoms with Gasteiger partial charge in [-0.2, -0.15) is 4.99 Å². The molecule has 0 N–H and O–H groups in total. The molecule has 0 radical (unpaired) electrons. The third-order valence-corrected chi connectivity index (χ3v) is 5.64. The van der Waals surface area contributed by atoms with Gasteiger partial charge in [-0.15, -0.1) is 0 Å². The van der Waals surface area contributed by atoms with Crippen molar-refractivity contribution in [2.45, 2.75) is 6.92 Å². The lowest BCUT2D eigenvalue weighted by Gasteiger charge is -2.11. The van der Waals surface area contributed by atoms with E-state index in [-0.39, 0.29) is 28.6 Å². The van der Waals surface area contributed by atoms with Gasteiger partial charge < -0.3 is 9.30 Å². The van der Waals surface area contributed by atoms with E-state index in [2.05, 4.69) is 9.98 Å². The molecule has 0 fully saturated rings. The Kier molecular flexibility index (Phi) is 5.25. The molecule has 34 heavy (non-hydrogen) atoms. The Bertz CT molecular complexity index is 1740. The number of aromatic nitrogens is 3. The average Bonchev–Trinajstić information content (AvgIpc) is 2.86. The van der Waals surface area contributed by atoms with Crippen LogP contribution in [0.2, 0.25) is 0 Å². The second-order valence-electron chi connectivity index (χ2n) is 7.69. The first-order chi connectivity index (χ1) is 16.5. The number of benzene rings is 2. The smallest absolute Gasteiger partial charge is 0.341 e. The molecule has 0 unspecified atom stereocenters. The molecule has 3 heterocycles. The van der Waals surface area contributed by atoms with Gasteiger partial charge in [-0.05, 0) is 42.0 Å². The number of esters is 1. The minimum Gasteiger partial charge on any atom is -0.462 e. The average molecular weight is 452 g/mol. The molecule has 5 rings (SSSR count). The Morgan fingerprint density at radius 1 is 0.971 bits per heavy atom. The highest BCUT2D eigenvalue weighted by atomic mass is 16.5. The molecule has 0 saturated carbocycles. The highest BCUT2D eigenvalue weighted by molar-refractivity contribution is 6.07. The van der Waals surface area contributed by atoms with Gasteiger partial charge in [0.25, 0.3) is 11.5 Å². The van der Waals surface area contributed by atoms with Gasteiger partial charge in [-0.25, -0.2) is 9.78 Å². The van der Waals surface area contributed by atoms with Crippen LogP contribution in [0, 0.1) is 0 Å². The molecule has 0 atom stereocenters. The molecule has 8 heteroatoms. The summed E-state index contributed by atoms with van der Waals surface area (Å²) in [5, 5.41) is 1.87. The maximum absolute atomic E-state index is 13.3. The van der Waals surface area contributed by atoms with Crippen LogP contribution in [0.3, 0.4) is 0 Å². The molecular weight excluding hydrogens is 432 g/mol. The number of fused-ring (bicyclic) bond motifs is 3. The van der Waals surface area contributed by atoms with Crippen molar-refractivity contribution in [2.75, 3.05) is 6.61 Å². The van der Waals surface area contributed by atoms with E-state index in [1.165, 1.54) is 15.0 Å². The maximum Gasteiger partial charge on any atom is 0.341 e. The molecule has 168 valence electrons. The summed E-state index contributed by atoms with van der Waals surface area (Å²) in [4.78, 5) is 48.2. The molecule has 0 spiro atoms. The Balaban J connectivity index is 1.83. The van der Waals surface area contributed by atoms with Gasteiger partial charge >= 0.3 is 5.97 Å². The number of hydrogen-bond donors (Lipinski definition) is 0. The van der Waals surface area contributed by atoms with Crippen molar-refractivity contribution in [1.82, 2.24) is 14.0 Å². The van der Waals surface area contributed by atoms with Crippen LogP contribution in [0.4, 0.5) is 0 Å². The third-order valence-electron chi connectivity index (χ3n) is 5.64. The number of rotatable bonds is 3. The van der Waals surface area contributed by atoms with E-state index in [0.29, 0.717) is 16.9 Å². The minimum atomic E-state index is -0.679. The molecule has 3 aromatic heterocycles. The predicted molar refractivity (Wildman–Crippen MR) is 128 cm³/mol. The number of hydrogen-bond acceptors (Lipinski definition) is 5. The van der Waals surface area contributed by atoms with E-state index < -0.39 is 11.9 Å². The summed E-state index contributed by atoms with van der Waals surface area (Å²) < 4.78 is 8.09. The highest BCUT2D eigenvalue weighted by Gasteiger charge is 2.19. The van der Waals surface area contributed by atoms with Crippen LogP contribution in [0.5, 0.6) is 0 Å². The first kappa shape index (κ1) is 21.3. The maximum atomic E-state index is 13.3. The summed E-state index contributed by atoms with van der Waals surface area (Å²) in [7, 11) is 1.62. The lowest BCUT2D eigenvalue weighted by atomic mass is 10.0. The van der Waals surface area contributed by atoms with E-state index in [4.69, 9.17) is 4.74 Å². The monoisotopic (exact) mass is 452 g/mol. The lowest BCUT2D eigenvalue weighted by molar-refractivity contribution is 0.0523. The van der Waals surface area contributed by atoms with Crippen LogP contribution in [0.15, 0.2) is 82.7 Å². The SMILES string of the molecule is CCOC(=O)c1cc2c(=O)n3ccccc3nc2n(C)c1=NC(=O)c1cccc2ccccc12. The Morgan fingerprint density at radius 2 is 1.74 bits per heavy atom. The van der Waals surface area contributed by atoms with Crippen LogP contribution in [-0.2, 0) is 11.8 Å². The summed E-state index contributed by atoms with van der Waals surface area (Å²) in [5.41, 5.74) is 0.879. The van der Waals surface area contributed by atoms with Gasteiger partial charge in [0.2, 0.25) is 0 Å². The van der Waals surface area contributed by atoms with Crippen molar-refractivity contribution in [2.24, 2.45) is 12.0 Å². The number of ether oxygens (including phenoxy) is 1. The zero-order valence-electron chi connectivity index (χ0n) is 18.6. The fourth-order valence-electron chi connectivity index (χ4n) is 4.03. The molecule has 0 aliphatic heterocycles. The van der Waals surface area contributed by atoms with Gasteiger partial charge in [0.1, 0.15) is 16.9 Å². The molecule has 1 amide bonds. The normalized spacial score (nSPS) is 11.9. The quantitative estimate of drug-likeness (QED) is 0.309. The second kappa shape index (κ2) is 8.40. The number of aryl methyl sites for hydroxylation is 1. The fourth-order valence-corrected chi connectivity index (χ4v) is 4.03. The molecule has 0 aliphatic rings. The topological polar surface area (TPSA) is 95.0 Å². The van der Waals surface area contributed by atoms with E-state index >= 15 is 0 Å². The fraction of sp³-hybridized carbons (Fsp3) is 0.115. The van der Waals surface area contributed by atoms with Gasteiger partial charge in [0.05, 0.1) is 12.0 Å². The van der Waals surface area contributed by atoms with Gasteiger partial charge in [-0.3, -0.25) is 14.0 Å². The van der Waals surface area contributed by atoms with Crippen LogP contribution in [-0.4, -0.2) is 32.4 Å². The van der Waals surface area contributed by atoms with Crippen molar-refractivity contribution in [3.63, 3.8) is 0 Å². The van der Waals surface area contributed by atoms with Crippen LogP contribution in [0.25, 0.3) is 27.5 Å². The molecular formula is C26H20N4O4. The van der Waals surface area contributed by atoms with Crippen molar-refractivity contribution in [1.29, 1.82) is 0 Å². The number of pyridine rings is 2. The summed E-state index contributed by atoms with van der Waals surface area (Å²) in [5.74, 6) is -1.20. The van der Waals surface area contributed by atoms with Crippen LogP contribution in [0.1, 0.15) is 27.6 Å². The third kappa shape index (κ3) is 3.45. The molecule has 0 aliphatic carbocycles. The van der Waals surface area contributed by atoms with E-state index in [0.717, 1.165) is 10.8 Å². The highest BCUT2D eigenvalue weighted by Crippen LogP contribution is 2.19. The van der Waals surface area contributed by atoms with Gasteiger partial charge in [0, 0.05) is 18.8 Å². The number of amides is 1. The van der Waals surface area contributed by atoms with Crippen molar-refractivity contribution >= 4 is 39.3 Å². The summed E-state index contributed by atoms with van der Waals surface area (Å²) >= 11 is 0. The van der Waals surface area contributed by atoms with Crippen molar-refractivity contribution in [3.8, 4) is 0 Å². The number of carbonyl (C=O) groups excluding carboxylic acids is 2. The minimum absolute atomic E-state index is 0.0141. The molecule has 0 bridgehead atoms.